The van der Waals surface area contributed by atoms with Crippen LogP contribution in [0.15, 0.2) is 47.4 Å². The monoisotopic (exact) mass is 488 g/mol. The maximum Gasteiger partial charge on any atom is 0.300 e. The van der Waals surface area contributed by atoms with Gasteiger partial charge in [0.25, 0.3) is 11.9 Å². The van der Waals surface area contributed by atoms with E-state index in [-0.39, 0.29) is 29.7 Å². The largest absolute Gasteiger partial charge is 0.481 e. The molecule has 0 aromatic heterocycles. The predicted molar refractivity (Wildman–Crippen MR) is 131 cm³/mol. The molecule has 2 aromatic rings. The number of carboxylic acids is 1. The Balaban J connectivity index is 0.000000945. The Hall–Kier alpha value is -3.24. The van der Waals surface area contributed by atoms with Crippen LogP contribution in [0.2, 0.25) is 0 Å². The first-order valence-corrected chi connectivity index (χ1v) is 12.4. The van der Waals surface area contributed by atoms with Gasteiger partial charge in [-0.2, -0.15) is 4.31 Å². The number of carboxylic acid groups (broad SMARTS) is 1. The molecule has 1 aliphatic rings. The van der Waals surface area contributed by atoms with E-state index in [1.165, 1.54) is 4.31 Å². The van der Waals surface area contributed by atoms with Gasteiger partial charge in [-0.05, 0) is 48.7 Å². The number of aryl methyl sites for hydroxylation is 2. The average molecular weight is 489 g/mol. The van der Waals surface area contributed by atoms with Gasteiger partial charge in [0.15, 0.2) is 0 Å². The highest BCUT2D eigenvalue weighted by Gasteiger charge is 2.30. The van der Waals surface area contributed by atoms with E-state index in [4.69, 9.17) is 21.0 Å². The van der Waals surface area contributed by atoms with Crippen molar-refractivity contribution in [2.45, 2.75) is 38.5 Å². The minimum Gasteiger partial charge on any atom is -0.481 e. The Morgan fingerprint density at radius 3 is 2.09 bits per heavy atom. The van der Waals surface area contributed by atoms with Crippen LogP contribution in [-0.4, -0.2) is 66.6 Å². The Labute approximate surface area is 200 Å². The third-order valence-electron chi connectivity index (χ3n) is 5.39. The number of hydrogen-bond donors (Lipinski definition) is 3. The van der Waals surface area contributed by atoms with Gasteiger partial charge in [-0.3, -0.25) is 15.0 Å². The van der Waals surface area contributed by atoms with Crippen molar-refractivity contribution < 1.29 is 23.1 Å². The molecule has 1 aliphatic heterocycles. The predicted octanol–water partition coefficient (Wildman–Crippen LogP) is 2.47. The number of aliphatic carboxylic acids is 1. The minimum atomic E-state index is -3.57. The van der Waals surface area contributed by atoms with Crippen LogP contribution in [0.1, 0.15) is 47.3 Å². The number of nitrogens with one attached hydrogen (secondary N) is 1. The lowest BCUT2D eigenvalue weighted by atomic mass is 10.0. The summed E-state index contributed by atoms with van der Waals surface area (Å²) in [6.45, 7) is 6.16. The molecule has 1 heterocycles. The zero-order valence-electron chi connectivity index (χ0n) is 19.7. The summed E-state index contributed by atoms with van der Waals surface area (Å²) in [5.74, 6) is -1.01. The van der Waals surface area contributed by atoms with Crippen LogP contribution in [0.3, 0.4) is 0 Å². The second-order valence-corrected chi connectivity index (χ2v) is 9.99. The fourth-order valence-electron chi connectivity index (χ4n) is 3.64. The van der Waals surface area contributed by atoms with E-state index in [1.807, 2.05) is 19.1 Å². The normalized spacial score (nSPS) is 14.1. The van der Waals surface area contributed by atoms with Crippen molar-refractivity contribution in [1.29, 1.82) is 5.41 Å². The number of amides is 1. The van der Waals surface area contributed by atoms with E-state index in [0.29, 0.717) is 24.2 Å². The number of nitrogens with zero attached hydrogens (tertiary/aromatic N) is 2. The van der Waals surface area contributed by atoms with Crippen molar-refractivity contribution in [3.8, 4) is 0 Å². The van der Waals surface area contributed by atoms with Crippen molar-refractivity contribution in [3.63, 3.8) is 0 Å². The lowest BCUT2D eigenvalue weighted by molar-refractivity contribution is -0.134. The molecule has 0 aliphatic carbocycles. The zero-order valence-corrected chi connectivity index (χ0v) is 20.6. The summed E-state index contributed by atoms with van der Waals surface area (Å²) in [6.07, 6.45) is 1.94. The third kappa shape index (κ3) is 6.88. The molecule has 9 nitrogen and oxygen atoms in total. The number of rotatable bonds is 6. The first-order valence-electron chi connectivity index (χ1n) is 11.0. The third-order valence-corrected chi connectivity index (χ3v) is 7.31. The molecule has 1 saturated heterocycles. The van der Waals surface area contributed by atoms with Gasteiger partial charge < -0.3 is 15.7 Å². The van der Waals surface area contributed by atoms with Crippen molar-refractivity contribution in [1.82, 2.24) is 9.21 Å². The lowest BCUT2D eigenvalue weighted by Crippen LogP contribution is -2.50. The van der Waals surface area contributed by atoms with Gasteiger partial charge in [-0.1, -0.05) is 31.5 Å². The summed E-state index contributed by atoms with van der Waals surface area (Å²) in [5.41, 5.74) is 8.49. The average Bonchev–Trinajstić information content (AvgIpc) is 2.79. The van der Waals surface area contributed by atoms with Gasteiger partial charge in [0.2, 0.25) is 10.0 Å². The smallest absolute Gasteiger partial charge is 0.300 e. The van der Waals surface area contributed by atoms with Crippen LogP contribution < -0.4 is 5.73 Å². The molecule has 4 N–H and O–H groups in total. The molecular weight excluding hydrogens is 456 g/mol. The highest BCUT2D eigenvalue weighted by molar-refractivity contribution is 7.89. The second-order valence-electron chi connectivity index (χ2n) is 8.05. The van der Waals surface area contributed by atoms with E-state index in [0.717, 1.165) is 30.9 Å². The molecule has 3 rings (SSSR count). The van der Waals surface area contributed by atoms with Crippen molar-refractivity contribution >= 4 is 27.7 Å². The van der Waals surface area contributed by atoms with Gasteiger partial charge in [0.05, 0.1) is 4.90 Å². The highest BCUT2D eigenvalue weighted by atomic mass is 32.2. The Bertz CT molecular complexity index is 1130. The van der Waals surface area contributed by atoms with E-state index in [1.54, 1.807) is 35.2 Å². The Morgan fingerprint density at radius 2 is 1.62 bits per heavy atom. The standard InChI is InChI=1S/C22H28N4O3S.C2H4O2/c1-3-4-17-5-8-19(9-6-17)30(28,29)26-13-11-25(12-14-26)22(27)20-10-7-18(21(23)24)15-16(20)2;1-2(3)4/h5-10,15H,3-4,11-14H2,1-2H3,(H3,23,24);1H3,(H,3,4). The fourth-order valence-corrected chi connectivity index (χ4v) is 5.06. The van der Waals surface area contributed by atoms with Gasteiger partial charge in [0, 0.05) is 44.2 Å². The highest BCUT2D eigenvalue weighted by Crippen LogP contribution is 2.20. The van der Waals surface area contributed by atoms with E-state index in [9.17, 15) is 13.2 Å². The number of sulfonamides is 1. The molecule has 0 unspecified atom stereocenters. The Morgan fingerprint density at radius 1 is 1.06 bits per heavy atom. The van der Waals surface area contributed by atoms with E-state index in [2.05, 4.69) is 6.92 Å². The number of hydrogen-bond acceptors (Lipinski definition) is 5. The second kappa shape index (κ2) is 11.8. The summed E-state index contributed by atoms with van der Waals surface area (Å²) in [4.78, 5) is 23.9. The van der Waals surface area contributed by atoms with Crippen molar-refractivity contribution in [3.05, 3.63) is 64.7 Å². The van der Waals surface area contributed by atoms with Crippen LogP contribution in [-0.2, 0) is 21.2 Å². The lowest BCUT2D eigenvalue weighted by Gasteiger charge is -2.34. The van der Waals surface area contributed by atoms with Crippen LogP contribution in [0, 0.1) is 12.3 Å². The summed E-state index contributed by atoms with van der Waals surface area (Å²) >= 11 is 0. The van der Waals surface area contributed by atoms with Crippen LogP contribution in [0.5, 0.6) is 0 Å². The minimum absolute atomic E-state index is 0.0429. The number of amidine groups is 1. The van der Waals surface area contributed by atoms with Crippen LogP contribution in [0.4, 0.5) is 0 Å². The van der Waals surface area contributed by atoms with Gasteiger partial charge in [-0.15, -0.1) is 0 Å². The maximum absolute atomic E-state index is 12.9. The summed E-state index contributed by atoms with van der Waals surface area (Å²) < 4.78 is 27.3. The molecule has 2 aromatic carbocycles. The molecule has 1 fully saturated rings. The Kier molecular flexibility index (Phi) is 9.34. The molecule has 0 saturated carbocycles. The van der Waals surface area contributed by atoms with Crippen molar-refractivity contribution in [2.24, 2.45) is 5.73 Å². The molecule has 1 amide bonds. The quantitative estimate of drug-likeness (QED) is 0.421. The zero-order chi connectivity index (χ0) is 25.5. The molecule has 34 heavy (non-hydrogen) atoms. The SMILES string of the molecule is CC(=O)O.CCCc1ccc(S(=O)(=O)N2CCN(C(=O)c3ccc(C(=N)N)cc3C)CC2)cc1. The summed E-state index contributed by atoms with van der Waals surface area (Å²) in [7, 11) is -3.57. The molecule has 0 bridgehead atoms. The van der Waals surface area contributed by atoms with E-state index < -0.39 is 16.0 Å². The molecule has 184 valence electrons. The number of piperazine rings is 1. The maximum atomic E-state index is 12.9. The molecule has 0 spiro atoms. The fraction of sp³-hybridized carbons (Fsp3) is 0.375. The first kappa shape index (κ1) is 27.0. The first-order chi connectivity index (χ1) is 16.0. The molecule has 0 atom stereocenters. The topological polar surface area (TPSA) is 145 Å². The summed E-state index contributed by atoms with van der Waals surface area (Å²) in [6, 6.07) is 12.1. The van der Waals surface area contributed by atoms with E-state index >= 15 is 0 Å². The van der Waals surface area contributed by atoms with Gasteiger partial charge in [0.1, 0.15) is 5.84 Å². The van der Waals surface area contributed by atoms with Crippen LogP contribution in [0.25, 0.3) is 0 Å². The van der Waals surface area contributed by atoms with Gasteiger partial charge in [-0.25, -0.2) is 8.42 Å². The molecule has 10 heteroatoms. The van der Waals surface area contributed by atoms with Crippen molar-refractivity contribution in [2.75, 3.05) is 26.2 Å². The number of nitrogen functional groups attached to an aromatic ring is 1. The number of nitrogens with two attached hydrogens (primary N) is 1. The number of carbonyl (C=O) groups is 2. The molecule has 0 radical (unpaired) electrons. The number of carbonyl (C=O) groups excluding carboxylic acids is 1. The summed E-state index contributed by atoms with van der Waals surface area (Å²) in [5, 5.41) is 14.9. The molecular formula is C24H32N4O5S. The van der Waals surface area contributed by atoms with Crippen LogP contribution >= 0.6 is 0 Å². The number of benzene rings is 2. The van der Waals surface area contributed by atoms with Gasteiger partial charge >= 0.3 is 0 Å².